The highest BCUT2D eigenvalue weighted by Gasteiger charge is 2.21. The quantitative estimate of drug-likeness (QED) is 0.457. The average Bonchev–Trinajstić information content (AvgIpc) is 2.84. The van der Waals surface area contributed by atoms with Gasteiger partial charge in [0.25, 0.3) is 0 Å². The number of rotatable bonds is 10. The first-order valence-corrected chi connectivity index (χ1v) is 11.2. The number of carbonyl (C=O) groups is 1. The first-order chi connectivity index (χ1) is 15.7. The molecule has 0 aliphatic carbocycles. The minimum atomic E-state index is 0.172. The summed E-state index contributed by atoms with van der Waals surface area (Å²) < 4.78 is 6.05. The first kappa shape index (κ1) is 22.0. The highest BCUT2D eigenvalue weighted by molar-refractivity contribution is 5.95. The number of hydrogen-bond donors (Lipinski definition) is 0. The van der Waals surface area contributed by atoms with E-state index in [1.54, 1.807) is 4.90 Å². The molecule has 166 valence electrons. The van der Waals surface area contributed by atoms with Crippen molar-refractivity contribution in [2.45, 2.75) is 32.2 Å². The summed E-state index contributed by atoms with van der Waals surface area (Å²) in [4.78, 5) is 24.5. The normalized spacial score (nSPS) is 13.3. The molecule has 6 heteroatoms. The monoisotopic (exact) mass is 430 g/mol. The van der Waals surface area contributed by atoms with Crippen molar-refractivity contribution in [3.8, 4) is 5.75 Å². The summed E-state index contributed by atoms with van der Waals surface area (Å²) in [5.74, 6) is 1.05. The van der Waals surface area contributed by atoms with Crippen molar-refractivity contribution >= 4 is 11.6 Å². The predicted molar refractivity (Wildman–Crippen MR) is 126 cm³/mol. The lowest BCUT2D eigenvalue weighted by Gasteiger charge is -2.26. The Morgan fingerprint density at radius 2 is 1.78 bits per heavy atom. The Labute approximate surface area is 189 Å². The van der Waals surface area contributed by atoms with Gasteiger partial charge in [-0.1, -0.05) is 12.1 Å². The van der Waals surface area contributed by atoms with Gasteiger partial charge < -0.3 is 9.64 Å². The van der Waals surface area contributed by atoms with Gasteiger partial charge in [-0.3, -0.25) is 19.7 Å². The Bertz CT molecular complexity index is 1010. The van der Waals surface area contributed by atoms with Crippen LogP contribution in [0.2, 0.25) is 0 Å². The lowest BCUT2D eigenvalue weighted by Crippen LogP contribution is -2.31. The third-order valence-electron chi connectivity index (χ3n) is 5.85. The molecule has 1 amide bonds. The highest BCUT2D eigenvalue weighted by atomic mass is 16.5. The standard InChI is InChI=1S/C26H30N4O2/c1-29-25-9-8-24(17-23(25)7-10-26(29)31)32-16-4-14-30(20-22-6-3-13-28-19-22)15-11-21-5-2-12-27-18-21/h2-3,5-6,8-9,12-13,17-19H,4,7,10-11,14-16,20H2,1H3. The maximum atomic E-state index is 11.9. The van der Waals surface area contributed by atoms with Gasteiger partial charge in [0.1, 0.15) is 5.75 Å². The molecule has 2 aromatic heterocycles. The predicted octanol–water partition coefficient (Wildman–Crippen LogP) is 3.90. The van der Waals surface area contributed by atoms with Gasteiger partial charge in [0.15, 0.2) is 0 Å². The van der Waals surface area contributed by atoms with E-state index in [1.165, 1.54) is 16.7 Å². The van der Waals surface area contributed by atoms with Crippen molar-refractivity contribution in [2.75, 3.05) is 31.6 Å². The smallest absolute Gasteiger partial charge is 0.227 e. The summed E-state index contributed by atoms with van der Waals surface area (Å²) in [5, 5.41) is 0. The zero-order chi connectivity index (χ0) is 22.2. The third kappa shape index (κ3) is 5.92. The van der Waals surface area contributed by atoms with Crippen LogP contribution in [-0.2, 0) is 24.2 Å². The molecule has 0 unspecified atom stereocenters. The molecule has 0 radical (unpaired) electrons. The van der Waals surface area contributed by atoms with Crippen molar-refractivity contribution in [1.82, 2.24) is 14.9 Å². The van der Waals surface area contributed by atoms with Gasteiger partial charge in [-0.15, -0.1) is 0 Å². The van der Waals surface area contributed by atoms with Crippen LogP contribution in [0, 0.1) is 0 Å². The molecule has 0 N–H and O–H groups in total. The lowest BCUT2D eigenvalue weighted by molar-refractivity contribution is -0.118. The first-order valence-electron chi connectivity index (χ1n) is 11.2. The van der Waals surface area contributed by atoms with Gasteiger partial charge in [-0.2, -0.15) is 0 Å². The summed E-state index contributed by atoms with van der Waals surface area (Å²) in [5.41, 5.74) is 4.64. The van der Waals surface area contributed by atoms with Crippen LogP contribution in [0.3, 0.4) is 0 Å². The fourth-order valence-corrected chi connectivity index (χ4v) is 4.05. The Kier molecular flexibility index (Phi) is 7.46. The van der Waals surface area contributed by atoms with Crippen molar-refractivity contribution in [3.63, 3.8) is 0 Å². The van der Waals surface area contributed by atoms with Gasteiger partial charge in [-0.25, -0.2) is 0 Å². The second kappa shape index (κ2) is 10.9. The van der Waals surface area contributed by atoms with Crippen molar-refractivity contribution in [3.05, 3.63) is 83.9 Å². The van der Waals surface area contributed by atoms with E-state index in [0.29, 0.717) is 13.0 Å². The fraction of sp³-hybridized carbons (Fsp3) is 0.346. The van der Waals surface area contributed by atoms with E-state index in [1.807, 2.05) is 56.1 Å². The van der Waals surface area contributed by atoms with E-state index in [9.17, 15) is 4.79 Å². The number of anilines is 1. The molecule has 3 aromatic rings. The van der Waals surface area contributed by atoms with Crippen molar-refractivity contribution in [2.24, 2.45) is 0 Å². The second-order valence-corrected chi connectivity index (χ2v) is 8.19. The summed E-state index contributed by atoms with van der Waals surface area (Å²) >= 11 is 0. The van der Waals surface area contributed by atoms with Crippen LogP contribution in [0.1, 0.15) is 29.5 Å². The molecule has 0 spiro atoms. The number of pyridine rings is 2. The Balaban J connectivity index is 1.30. The van der Waals surface area contributed by atoms with E-state index < -0.39 is 0 Å². The molecule has 0 bridgehead atoms. The van der Waals surface area contributed by atoms with E-state index >= 15 is 0 Å². The molecule has 3 heterocycles. The topological polar surface area (TPSA) is 58.6 Å². The van der Waals surface area contributed by atoms with Crippen LogP contribution in [0.4, 0.5) is 5.69 Å². The van der Waals surface area contributed by atoms with E-state index in [4.69, 9.17) is 4.74 Å². The summed E-state index contributed by atoms with van der Waals surface area (Å²) in [7, 11) is 1.84. The van der Waals surface area contributed by atoms with E-state index in [2.05, 4.69) is 33.1 Å². The maximum absolute atomic E-state index is 11.9. The summed E-state index contributed by atoms with van der Waals surface area (Å²) in [6.07, 6.45) is 10.7. The zero-order valence-electron chi connectivity index (χ0n) is 18.6. The van der Waals surface area contributed by atoms with Gasteiger partial charge in [0.05, 0.1) is 6.61 Å². The molecule has 0 saturated heterocycles. The Hall–Kier alpha value is -3.25. The zero-order valence-corrected chi connectivity index (χ0v) is 18.6. The number of carbonyl (C=O) groups excluding carboxylic acids is 1. The number of aryl methyl sites for hydroxylation is 1. The largest absolute Gasteiger partial charge is 0.494 e. The van der Waals surface area contributed by atoms with Crippen LogP contribution in [0.15, 0.2) is 67.3 Å². The molecular formula is C26H30N4O2. The molecule has 32 heavy (non-hydrogen) atoms. The SMILES string of the molecule is CN1C(=O)CCc2cc(OCCCN(CCc3cccnc3)Cc3cccnc3)ccc21. The van der Waals surface area contributed by atoms with Crippen LogP contribution in [0.5, 0.6) is 5.75 Å². The van der Waals surface area contributed by atoms with Gasteiger partial charge >= 0.3 is 0 Å². The fourth-order valence-electron chi connectivity index (χ4n) is 4.05. The van der Waals surface area contributed by atoms with Crippen LogP contribution in [0.25, 0.3) is 0 Å². The minimum Gasteiger partial charge on any atom is -0.494 e. The average molecular weight is 431 g/mol. The molecule has 6 nitrogen and oxygen atoms in total. The van der Waals surface area contributed by atoms with Gasteiger partial charge in [0.2, 0.25) is 5.91 Å². The maximum Gasteiger partial charge on any atom is 0.227 e. The van der Waals surface area contributed by atoms with Crippen molar-refractivity contribution in [1.29, 1.82) is 0 Å². The number of amides is 1. The number of aromatic nitrogens is 2. The van der Waals surface area contributed by atoms with E-state index in [-0.39, 0.29) is 5.91 Å². The molecule has 1 aromatic carbocycles. The van der Waals surface area contributed by atoms with Gasteiger partial charge in [-0.05, 0) is 66.3 Å². The third-order valence-corrected chi connectivity index (χ3v) is 5.85. The highest BCUT2D eigenvalue weighted by Crippen LogP contribution is 2.30. The second-order valence-electron chi connectivity index (χ2n) is 8.19. The summed E-state index contributed by atoms with van der Waals surface area (Å²) in [6.45, 7) is 3.43. The number of hydrogen-bond acceptors (Lipinski definition) is 5. The number of nitrogens with zero attached hydrogens (tertiary/aromatic N) is 4. The molecule has 1 aliphatic rings. The van der Waals surface area contributed by atoms with Crippen LogP contribution in [-0.4, -0.2) is 47.5 Å². The molecule has 1 aliphatic heterocycles. The Morgan fingerprint density at radius 1 is 1.00 bits per heavy atom. The molecule has 0 atom stereocenters. The number of ether oxygens (including phenoxy) is 1. The number of fused-ring (bicyclic) bond motifs is 1. The Morgan fingerprint density at radius 3 is 2.53 bits per heavy atom. The van der Waals surface area contributed by atoms with Crippen LogP contribution < -0.4 is 9.64 Å². The van der Waals surface area contributed by atoms with Crippen molar-refractivity contribution < 1.29 is 9.53 Å². The minimum absolute atomic E-state index is 0.172. The van der Waals surface area contributed by atoms with E-state index in [0.717, 1.165) is 50.3 Å². The molecule has 0 saturated carbocycles. The van der Waals surface area contributed by atoms with Gasteiger partial charge in [0, 0.05) is 63.6 Å². The molecule has 0 fully saturated rings. The molecular weight excluding hydrogens is 400 g/mol. The lowest BCUT2D eigenvalue weighted by atomic mass is 10.0. The van der Waals surface area contributed by atoms with Crippen LogP contribution >= 0.6 is 0 Å². The molecule has 4 rings (SSSR count). The number of benzene rings is 1. The summed E-state index contributed by atoms with van der Waals surface area (Å²) in [6, 6.07) is 14.2.